The summed E-state index contributed by atoms with van der Waals surface area (Å²) in [5.74, 6) is -0.865. The molecule has 0 aromatic carbocycles. The molecule has 0 spiro atoms. The van der Waals surface area contributed by atoms with Crippen LogP contribution in [0.5, 0.6) is 0 Å². The Labute approximate surface area is 123 Å². The first kappa shape index (κ1) is 15.3. The van der Waals surface area contributed by atoms with Crippen LogP contribution in [-0.4, -0.2) is 38.7 Å². The molecule has 2 amide bonds. The Balaban J connectivity index is 1.81. The molecule has 1 aliphatic rings. The third-order valence-corrected chi connectivity index (χ3v) is 3.89. The molecule has 1 heterocycles. The maximum Gasteiger partial charge on any atom is 0.315 e. The van der Waals surface area contributed by atoms with Crippen LogP contribution in [0.2, 0.25) is 0 Å². The monoisotopic (exact) mass is 294 g/mol. The number of carbonyl (C=O) groups is 2. The van der Waals surface area contributed by atoms with E-state index in [1.807, 2.05) is 10.8 Å². The van der Waals surface area contributed by atoms with Crippen LogP contribution in [0.4, 0.5) is 4.79 Å². The number of carboxylic acid groups (broad SMARTS) is 1. The van der Waals surface area contributed by atoms with Crippen molar-refractivity contribution in [2.45, 2.75) is 50.6 Å². The first-order valence-electron chi connectivity index (χ1n) is 7.33. The van der Waals surface area contributed by atoms with Gasteiger partial charge in [0, 0.05) is 25.5 Å². The second-order valence-corrected chi connectivity index (χ2v) is 5.59. The van der Waals surface area contributed by atoms with Gasteiger partial charge in [0.25, 0.3) is 0 Å². The zero-order chi connectivity index (χ0) is 15.1. The van der Waals surface area contributed by atoms with Crippen molar-refractivity contribution in [3.05, 3.63) is 18.7 Å². The number of nitrogens with one attached hydrogen (secondary N) is 2. The molecule has 21 heavy (non-hydrogen) atoms. The van der Waals surface area contributed by atoms with Crippen molar-refractivity contribution in [2.75, 3.05) is 6.54 Å². The third kappa shape index (κ3) is 4.77. The van der Waals surface area contributed by atoms with Crippen molar-refractivity contribution in [2.24, 2.45) is 0 Å². The number of nitrogens with zero attached hydrogens (tertiary/aromatic N) is 2. The number of rotatable bonds is 6. The van der Waals surface area contributed by atoms with Gasteiger partial charge in [-0.05, 0) is 12.8 Å². The van der Waals surface area contributed by atoms with Gasteiger partial charge in [-0.15, -0.1) is 0 Å². The zero-order valence-corrected chi connectivity index (χ0v) is 12.0. The lowest BCUT2D eigenvalue weighted by atomic mass is 9.79. The summed E-state index contributed by atoms with van der Waals surface area (Å²) in [6.45, 7) is 1.12. The molecule has 2 rings (SSSR count). The van der Waals surface area contributed by atoms with Gasteiger partial charge in [-0.2, -0.15) is 0 Å². The molecule has 0 unspecified atom stereocenters. The van der Waals surface area contributed by atoms with Gasteiger partial charge in [0.05, 0.1) is 18.3 Å². The van der Waals surface area contributed by atoms with Gasteiger partial charge in [0.2, 0.25) is 0 Å². The van der Waals surface area contributed by atoms with Gasteiger partial charge < -0.3 is 20.3 Å². The van der Waals surface area contributed by atoms with Gasteiger partial charge in [-0.3, -0.25) is 4.79 Å². The minimum absolute atomic E-state index is 0.0120. The average Bonchev–Trinajstić information content (AvgIpc) is 2.91. The predicted molar refractivity (Wildman–Crippen MR) is 76.8 cm³/mol. The summed E-state index contributed by atoms with van der Waals surface area (Å²) >= 11 is 0. The Hall–Kier alpha value is -2.05. The van der Waals surface area contributed by atoms with Crippen molar-refractivity contribution in [1.29, 1.82) is 0 Å². The molecule has 0 aliphatic heterocycles. The number of carboxylic acids is 1. The number of urea groups is 1. The maximum atomic E-state index is 12.0. The smallest absolute Gasteiger partial charge is 0.315 e. The molecule has 0 radical (unpaired) electrons. The first-order chi connectivity index (χ1) is 10.1. The number of aliphatic carboxylic acids is 1. The van der Waals surface area contributed by atoms with Crippen LogP contribution < -0.4 is 10.6 Å². The summed E-state index contributed by atoms with van der Waals surface area (Å²) in [7, 11) is 0. The quantitative estimate of drug-likeness (QED) is 0.738. The van der Waals surface area contributed by atoms with Crippen LogP contribution in [-0.2, 0) is 11.3 Å². The van der Waals surface area contributed by atoms with E-state index in [9.17, 15) is 9.59 Å². The lowest BCUT2D eigenvalue weighted by Gasteiger charge is -2.36. The second kappa shape index (κ2) is 7.10. The average molecular weight is 294 g/mol. The molecule has 1 saturated carbocycles. The highest BCUT2D eigenvalue weighted by atomic mass is 16.4. The molecular weight excluding hydrogens is 272 g/mol. The normalized spacial score (nSPS) is 17.1. The Morgan fingerprint density at radius 1 is 1.29 bits per heavy atom. The molecule has 1 fully saturated rings. The van der Waals surface area contributed by atoms with Crippen LogP contribution in [0, 0.1) is 0 Å². The van der Waals surface area contributed by atoms with Gasteiger partial charge in [0.15, 0.2) is 0 Å². The van der Waals surface area contributed by atoms with E-state index in [4.69, 9.17) is 5.11 Å². The minimum Gasteiger partial charge on any atom is -0.481 e. The molecular formula is C14H22N4O3. The first-order valence-corrected chi connectivity index (χ1v) is 7.33. The van der Waals surface area contributed by atoms with E-state index < -0.39 is 11.5 Å². The number of amides is 2. The lowest BCUT2D eigenvalue weighted by molar-refractivity contribution is -0.139. The van der Waals surface area contributed by atoms with Crippen LogP contribution in [0.25, 0.3) is 0 Å². The molecule has 7 heteroatoms. The van der Waals surface area contributed by atoms with Crippen molar-refractivity contribution in [1.82, 2.24) is 20.2 Å². The molecule has 7 nitrogen and oxygen atoms in total. The summed E-state index contributed by atoms with van der Waals surface area (Å²) in [6.07, 6.45) is 9.67. The summed E-state index contributed by atoms with van der Waals surface area (Å²) in [6, 6.07) is -0.293. The van der Waals surface area contributed by atoms with Gasteiger partial charge in [0.1, 0.15) is 0 Å². The standard InChI is InChI=1S/C14H22N4O3/c19-12(20)10-14(4-2-1-3-5-14)17-13(21)16-7-9-18-8-6-15-11-18/h6,8,11H,1-5,7,9-10H2,(H,19,20)(H2,16,17,21). The predicted octanol–water partition coefficient (Wildman–Crippen LogP) is 1.36. The van der Waals surface area contributed by atoms with Gasteiger partial charge in [-0.1, -0.05) is 19.3 Å². The Morgan fingerprint density at radius 2 is 2.05 bits per heavy atom. The lowest BCUT2D eigenvalue weighted by Crippen LogP contribution is -2.54. The van der Waals surface area contributed by atoms with Crippen LogP contribution in [0.15, 0.2) is 18.7 Å². The number of hydrogen-bond acceptors (Lipinski definition) is 3. The van der Waals surface area contributed by atoms with Gasteiger partial charge in [-0.25, -0.2) is 9.78 Å². The van der Waals surface area contributed by atoms with Crippen molar-refractivity contribution in [3.63, 3.8) is 0 Å². The van der Waals surface area contributed by atoms with Crippen molar-refractivity contribution >= 4 is 12.0 Å². The van der Waals surface area contributed by atoms with Crippen molar-refractivity contribution in [3.8, 4) is 0 Å². The van der Waals surface area contributed by atoms with E-state index in [-0.39, 0.29) is 12.5 Å². The molecule has 1 aliphatic carbocycles. The van der Waals surface area contributed by atoms with E-state index >= 15 is 0 Å². The summed E-state index contributed by atoms with van der Waals surface area (Å²) in [5.41, 5.74) is -0.594. The molecule has 1 aromatic heterocycles. The fourth-order valence-corrected chi connectivity index (χ4v) is 2.87. The summed E-state index contributed by atoms with van der Waals surface area (Å²) < 4.78 is 1.87. The van der Waals surface area contributed by atoms with E-state index in [1.165, 1.54) is 0 Å². The van der Waals surface area contributed by atoms with Gasteiger partial charge >= 0.3 is 12.0 Å². The fourth-order valence-electron chi connectivity index (χ4n) is 2.87. The summed E-state index contributed by atoms with van der Waals surface area (Å²) in [4.78, 5) is 27.0. The van der Waals surface area contributed by atoms with E-state index in [2.05, 4.69) is 15.6 Å². The van der Waals surface area contributed by atoms with E-state index in [0.29, 0.717) is 13.1 Å². The second-order valence-electron chi connectivity index (χ2n) is 5.59. The third-order valence-electron chi connectivity index (χ3n) is 3.89. The number of aromatic nitrogens is 2. The van der Waals surface area contributed by atoms with E-state index in [1.54, 1.807) is 12.5 Å². The topological polar surface area (TPSA) is 96.3 Å². The highest BCUT2D eigenvalue weighted by Crippen LogP contribution is 2.31. The Bertz CT molecular complexity index is 467. The molecule has 0 atom stereocenters. The zero-order valence-electron chi connectivity index (χ0n) is 12.0. The van der Waals surface area contributed by atoms with E-state index in [0.717, 1.165) is 32.1 Å². The Morgan fingerprint density at radius 3 is 2.67 bits per heavy atom. The molecule has 3 N–H and O–H groups in total. The molecule has 0 saturated heterocycles. The SMILES string of the molecule is O=C(O)CC1(NC(=O)NCCn2ccnc2)CCCCC1. The number of hydrogen-bond donors (Lipinski definition) is 3. The molecule has 1 aromatic rings. The largest absolute Gasteiger partial charge is 0.481 e. The fraction of sp³-hybridized carbons (Fsp3) is 0.643. The maximum absolute atomic E-state index is 12.0. The minimum atomic E-state index is -0.865. The van der Waals surface area contributed by atoms with Crippen LogP contribution in [0.3, 0.4) is 0 Å². The van der Waals surface area contributed by atoms with Crippen LogP contribution in [0.1, 0.15) is 38.5 Å². The highest BCUT2D eigenvalue weighted by Gasteiger charge is 2.35. The molecule has 0 bridgehead atoms. The number of carbonyl (C=O) groups excluding carboxylic acids is 1. The molecule has 116 valence electrons. The Kier molecular flexibility index (Phi) is 5.19. The van der Waals surface area contributed by atoms with Crippen molar-refractivity contribution < 1.29 is 14.7 Å². The summed E-state index contributed by atoms with van der Waals surface area (Å²) in [5, 5.41) is 14.7. The van der Waals surface area contributed by atoms with Crippen LogP contribution >= 0.6 is 0 Å². The highest BCUT2D eigenvalue weighted by molar-refractivity contribution is 5.76. The number of imidazole rings is 1.